The largest absolute Gasteiger partial charge is 0.493 e. The maximum Gasteiger partial charge on any atom is 0.416 e. The number of carbonyl (C=O) groups excluding carboxylic acids is 2. The lowest BCUT2D eigenvalue weighted by Gasteiger charge is -2.11. The molecule has 0 unspecified atom stereocenters. The Bertz CT molecular complexity index is 836. The van der Waals surface area contributed by atoms with E-state index < -0.39 is 30.0 Å². The van der Waals surface area contributed by atoms with Crippen LogP contribution in [0.5, 0.6) is 11.5 Å². The average Bonchev–Trinajstić information content (AvgIpc) is 2.65. The normalized spacial score (nSPS) is 10.9. The first-order valence-electron chi connectivity index (χ1n) is 8.17. The topological polar surface area (TPSA) is 76.7 Å². The number of methoxy groups -OCH3 is 2. The Balaban J connectivity index is 1.85. The van der Waals surface area contributed by atoms with E-state index >= 15 is 0 Å². The number of alkyl halides is 3. The van der Waals surface area contributed by atoms with Crippen molar-refractivity contribution in [3.8, 4) is 11.5 Å². The number of rotatable bonds is 7. The zero-order chi connectivity index (χ0) is 20.7. The lowest BCUT2D eigenvalue weighted by molar-refractivity contribution is -0.137. The molecule has 0 aliphatic heterocycles. The summed E-state index contributed by atoms with van der Waals surface area (Å²) in [5.41, 5.74) is 0.0954. The van der Waals surface area contributed by atoms with Crippen molar-refractivity contribution in [2.24, 2.45) is 0 Å². The van der Waals surface area contributed by atoms with Crippen molar-refractivity contribution in [2.75, 3.05) is 19.5 Å². The maximum atomic E-state index is 12.5. The van der Waals surface area contributed by atoms with Gasteiger partial charge in [0.1, 0.15) is 6.42 Å². The minimum absolute atomic E-state index is 0.172. The van der Waals surface area contributed by atoms with Crippen molar-refractivity contribution in [1.82, 2.24) is 5.32 Å². The van der Waals surface area contributed by atoms with E-state index in [2.05, 4.69) is 10.6 Å². The number of halogens is 3. The summed E-state index contributed by atoms with van der Waals surface area (Å²) in [6, 6.07) is 9.09. The predicted octanol–water partition coefficient (Wildman–Crippen LogP) is 3.37. The fourth-order valence-corrected chi connectivity index (χ4v) is 2.35. The highest BCUT2D eigenvalue weighted by atomic mass is 19.4. The van der Waals surface area contributed by atoms with Crippen LogP contribution in [0.3, 0.4) is 0 Å². The fourth-order valence-electron chi connectivity index (χ4n) is 2.35. The second-order valence-electron chi connectivity index (χ2n) is 5.77. The maximum absolute atomic E-state index is 12.5. The molecule has 0 aromatic heterocycles. The van der Waals surface area contributed by atoms with Crippen LogP contribution in [0.15, 0.2) is 42.5 Å². The third kappa shape index (κ3) is 5.90. The number of hydrogen-bond acceptors (Lipinski definition) is 4. The van der Waals surface area contributed by atoms with Crippen molar-refractivity contribution >= 4 is 17.5 Å². The smallest absolute Gasteiger partial charge is 0.416 e. The summed E-state index contributed by atoms with van der Waals surface area (Å²) in [4.78, 5) is 23.8. The second kappa shape index (κ2) is 9.12. The van der Waals surface area contributed by atoms with Gasteiger partial charge in [-0.15, -0.1) is 0 Å². The Morgan fingerprint density at radius 3 is 2.14 bits per heavy atom. The molecule has 0 saturated carbocycles. The zero-order valence-electron chi connectivity index (χ0n) is 15.2. The molecular formula is C19H19F3N2O4. The van der Waals surface area contributed by atoms with Crippen LogP contribution in [0.4, 0.5) is 18.9 Å². The molecule has 150 valence electrons. The van der Waals surface area contributed by atoms with E-state index in [0.717, 1.165) is 29.8 Å². The van der Waals surface area contributed by atoms with Crippen LogP contribution in [0, 0.1) is 0 Å². The Labute approximate surface area is 159 Å². The summed E-state index contributed by atoms with van der Waals surface area (Å²) in [7, 11) is 3.00. The Hall–Kier alpha value is -3.23. The lowest BCUT2D eigenvalue weighted by atomic mass is 10.2. The molecule has 6 nitrogen and oxygen atoms in total. The SMILES string of the molecule is COc1ccc(CNC(=O)CC(=O)Nc2ccc(C(F)(F)F)cc2)cc1OC. The van der Waals surface area contributed by atoms with Gasteiger partial charge in [0.05, 0.1) is 19.8 Å². The first-order chi connectivity index (χ1) is 13.2. The van der Waals surface area contributed by atoms with Gasteiger partial charge in [-0.2, -0.15) is 13.2 Å². The van der Waals surface area contributed by atoms with Gasteiger partial charge >= 0.3 is 6.18 Å². The van der Waals surface area contributed by atoms with Gasteiger partial charge in [-0.25, -0.2) is 0 Å². The number of ether oxygens (including phenoxy) is 2. The Kier molecular flexibility index (Phi) is 6.86. The number of benzene rings is 2. The standard InChI is InChI=1S/C19H19F3N2O4/c1-27-15-8-3-12(9-16(15)28-2)11-23-17(25)10-18(26)24-14-6-4-13(5-7-14)19(20,21)22/h3-9H,10-11H2,1-2H3,(H,23,25)(H,24,26). The molecule has 0 heterocycles. The molecule has 0 radical (unpaired) electrons. The molecule has 2 aromatic carbocycles. The summed E-state index contributed by atoms with van der Waals surface area (Å²) < 4.78 is 47.8. The van der Waals surface area contributed by atoms with E-state index in [1.54, 1.807) is 18.2 Å². The van der Waals surface area contributed by atoms with Gasteiger partial charge in [0.25, 0.3) is 0 Å². The van der Waals surface area contributed by atoms with Crippen molar-refractivity contribution in [2.45, 2.75) is 19.1 Å². The van der Waals surface area contributed by atoms with Crippen LogP contribution < -0.4 is 20.1 Å². The van der Waals surface area contributed by atoms with E-state index in [-0.39, 0.29) is 12.2 Å². The highest BCUT2D eigenvalue weighted by Gasteiger charge is 2.30. The summed E-state index contributed by atoms with van der Waals surface area (Å²) >= 11 is 0. The van der Waals surface area contributed by atoms with Crippen molar-refractivity contribution in [3.05, 3.63) is 53.6 Å². The molecule has 0 spiro atoms. The molecule has 2 rings (SSSR count). The van der Waals surface area contributed by atoms with Gasteiger partial charge in [0.2, 0.25) is 11.8 Å². The molecule has 0 atom stereocenters. The molecular weight excluding hydrogens is 377 g/mol. The number of nitrogens with one attached hydrogen (secondary N) is 2. The first-order valence-corrected chi connectivity index (χ1v) is 8.17. The quantitative estimate of drug-likeness (QED) is 0.704. The van der Waals surface area contributed by atoms with Crippen LogP contribution in [0.2, 0.25) is 0 Å². The molecule has 0 bridgehead atoms. The van der Waals surface area contributed by atoms with Crippen molar-refractivity contribution in [1.29, 1.82) is 0 Å². The number of anilines is 1. The molecule has 0 saturated heterocycles. The molecule has 2 N–H and O–H groups in total. The van der Waals surface area contributed by atoms with E-state index in [4.69, 9.17) is 9.47 Å². The minimum atomic E-state index is -4.45. The third-order valence-corrected chi connectivity index (χ3v) is 3.75. The van der Waals surface area contributed by atoms with Gasteiger partial charge in [-0.1, -0.05) is 6.07 Å². The minimum Gasteiger partial charge on any atom is -0.493 e. The zero-order valence-corrected chi connectivity index (χ0v) is 15.2. The lowest BCUT2D eigenvalue weighted by Crippen LogP contribution is -2.27. The first kappa shape index (κ1) is 21.1. The van der Waals surface area contributed by atoms with E-state index in [9.17, 15) is 22.8 Å². The summed E-state index contributed by atoms with van der Waals surface area (Å²) in [5, 5.41) is 4.97. The third-order valence-electron chi connectivity index (χ3n) is 3.75. The highest BCUT2D eigenvalue weighted by Crippen LogP contribution is 2.30. The monoisotopic (exact) mass is 396 g/mol. The van der Waals surface area contributed by atoms with Gasteiger partial charge in [0.15, 0.2) is 11.5 Å². The molecule has 0 aliphatic carbocycles. The molecule has 28 heavy (non-hydrogen) atoms. The summed E-state index contributed by atoms with van der Waals surface area (Å²) in [5.74, 6) is -0.105. The molecule has 2 amide bonds. The molecule has 2 aromatic rings. The van der Waals surface area contributed by atoms with Gasteiger partial charge in [-0.3, -0.25) is 9.59 Å². The molecule has 9 heteroatoms. The van der Waals surface area contributed by atoms with Crippen LogP contribution >= 0.6 is 0 Å². The number of carbonyl (C=O) groups is 2. The number of amides is 2. The van der Waals surface area contributed by atoms with E-state index in [1.807, 2.05) is 0 Å². The fraction of sp³-hybridized carbons (Fsp3) is 0.263. The summed E-state index contributed by atoms with van der Waals surface area (Å²) in [6.07, 6.45) is -4.92. The molecule has 0 aliphatic rings. The Morgan fingerprint density at radius 1 is 0.929 bits per heavy atom. The van der Waals surface area contributed by atoms with Crippen LogP contribution in [0.25, 0.3) is 0 Å². The van der Waals surface area contributed by atoms with E-state index in [1.165, 1.54) is 14.2 Å². The second-order valence-corrected chi connectivity index (χ2v) is 5.77. The predicted molar refractivity (Wildman–Crippen MR) is 96.1 cm³/mol. The number of hydrogen-bond donors (Lipinski definition) is 2. The van der Waals surface area contributed by atoms with Crippen molar-refractivity contribution < 1.29 is 32.2 Å². The average molecular weight is 396 g/mol. The Morgan fingerprint density at radius 2 is 1.57 bits per heavy atom. The van der Waals surface area contributed by atoms with Crippen LogP contribution in [-0.4, -0.2) is 26.0 Å². The van der Waals surface area contributed by atoms with Gasteiger partial charge in [0, 0.05) is 12.2 Å². The molecule has 0 fully saturated rings. The summed E-state index contributed by atoms with van der Waals surface area (Å²) in [6.45, 7) is 0.173. The highest BCUT2D eigenvalue weighted by molar-refractivity contribution is 6.03. The van der Waals surface area contributed by atoms with Gasteiger partial charge in [-0.05, 0) is 42.0 Å². The van der Waals surface area contributed by atoms with Crippen LogP contribution in [-0.2, 0) is 22.3 Å². The van der Waals surface area contributed by atoms with E-state index in [0.29, 0.717) is 11.5 Å². The van der Waals surface area contributed by atoms with Crippen LogP contribution in [0.1, 0.15) is 17.5 Å². The van der Waals surface area contributed by atoms with Crippen molar-refractivity contribution in [3.63, 3.8) is 0 Å². The van der Waals surface area contributed by atoms with Gasteiger partial charge < -0.3 is 20.1 Å².